The third-order valence-electron chi connectivity index (χ3n) is 4.32. The zero-order valence-corrected chi connectivity index (χ0v) is 15.1. The second-order valence-electron chi connectivity index (χ2n) is 5.99. The van der Waals surface area contributed by atoms with Crippen LogP contribution >= 0.6 is 11.6 Å². The summed E-state index contributed by atoms with van der Waals surface area (Å²) in [5.74, 6) is 0.583. The average molecular weight is 353 g/mol. The first-order chi connectivity index (χ1) is 11.6. The van der Waals surface area contributed by atoms with Crippen LogP contribution in [0.15, 0.2) is 18.2 Å². The molecule has 1 aromatic rings. The molecule has 1 fully saturated rings. The van der Waals surface area contributed by atoms with Crippen LogP contribution in [0.3, 0.4) is 0 Å². The molecule has 0 aromatic heterocycles. The molecule has 1 heterocycles. The van der Waals surface area contributed by atoms with Crippen LogP contribution in [0.25, 0.3) is 0 Å². The highest BCUT2D eigenvalue weighted by Gasteiger charge is 2.31. The molecular formula is C18H25ClN2O3. The number of methoxy groups -OCH3 is 1. The third kappa shape index (κ3) is 4.41. The fraction of sp³-hybridized carbons (Fsp3) is 0.556. The fourth-order valence-electron chi connectivity index (χ4n) is 3.06. The Bertz CT molecular complexity index is 592. The van der Waals surface area contributed by atoms with Gasteiger partial charge in [0.05, 0.1) is 7.11 Å². The zero-order valence-electron chi connectivity index (χ0n) is 14.3. The molecule has 0 radical (unpaired) electrons. The summed E-state index contributed by atoms with van der Waals surface area (Å²) in [5.41, 5.74) is 0.747. The molecule has 1 aliphatic rings. The van der Waals surface area contributed by atoms with Crippen molar-refractivity contribution in [2.75, 3.05) is 13.7 Å². The molecule has 0 saturated carbocycles. The highest BCUT2D eigenvalue weighted by atomic mass is 35.5. The lowest BCUT2D eigenvalue weighted by molar-refractivity contribution is -0.142. The number of amides is 2. The van der Waals surface area contributed by atoms with Gasteiger partial charge in [0.1, 0.15) is 11.8 Å². The normalized spacial score (nSPS) is 17.5. The van der Waals surface area contributed by atoms with Gasteiger partial charge in [0.15, 0.2) is 0 Å². The lowest BCUT2D eigenvalue weighted by Crippen LogP contribution is -2.51. The van der Waals surface area contributed by atoms with Crippen molar-refractivity contribution in [3.05, 3.63) is 28.8 Å². The minimum atomic E-state index is -0.383. The monoisotopic (exact) mass is 352 g/mol. The van der Waals surface area contributed by atoms with Crippen LogP contribution in [0.1, 0.15) is 44.6 Å². The quantitative estimate of drug-likeness (QED) is 0.855. The third-order valence-corrected chi connectivity index (χ3v) is 4.68. The first-order valence-electron chi connectivity index (χ1n) is 8.47. The van der Waals surface area contributed by atoms with Crippen molar-refractivity contribution in [2.24, 2.45) is 0 Å². The standard InChI is InChI=1S/C18H25ClN2O3/c1-3-7-17(22)21-11-5-4-9-15(21)18(23)20-12-13-14(19)8-6-10-16(13)24-2/h6,8,10,15H,3-5,7,9,11-12H2,1-2H3,(H,20,23)/t15-/m0/s1. The molecule has 132 valence electrons. The van der Waals surface area contributed by atoms with Crippen molar-refractivity contribution < 1.29 is 14.3 Å². The molecule has 2 rings (SSSR count). The Balaban J connectivity index is 2.04. The molecular weight excluding hydrogens is 328 g/mol. The van der Waals surface area contributed by atoms with Crippen LogP contribution in [-0.2, 0) is 16.1 Å². The van der Waals surface area contributed by atoms with E-state index in [0.29, 0.717) is 30.2 Å². The fourth-order valence-corrected chi connectivity index (χ4v) is 3.29. The summed E-state index contributed by atoms with van der Waals surface area (Å²) in [6.07, 6.45) is 3.91. The molecule has 6 heteroatoms. The van der Waals surface area contributed by atoms with Crippen LogP contribution in [-0.4, -0.2) is 36.4 Å². The van der Waals surface area contributed by atoms with Gasteiger partial charge < -0.3 is 15.0 Å². The van der Waals surface area contributed by atoms with Gasteiger partial charge in [0, 0.05) is 30.1 Å². The largest absolute Gasteiger partial charge is 0.496 e. The number of piperidine rings is 1. The molecule has 0 unspecified atom stereocenters. The van der Waals surface area contributed by atoms with Gasteiger partial charge in [-0.1, -0.05) is 24.6 Å². The van der Waals surface area contributed by atoms with Crippen LogP contribution < -0.4 is 10.1 Å². The van der Waals surface area contributed by atoms with Gasteiger partial charge >= 0.3 is 0 Å². The number of nitrogens with one attached hydrogen (secondary N) is 1. The summed E-state index contributed by atoms with van der Waals surface area (Å²) < 4.78 is 5.29. The smallest absolute Gasteiger partial charge is 0.243 e. The summed E-state index contributed by atoms with van der Waals surface area (Å²) in [7, 11) is 1.57. The predicted molar refractivity (Wildman–Crippen MR) is 94.1 cm³/mol. The van der Waals surface area contributed by atoms with E-state index in [1.807, 2.05) is 13.0 Å². The van der Waals surface area contributed by atoms with Gasteiger partial charge in [-0.2, -0.15) is 0 Å². The molecule has 24 heavy (non-hydrogen) atoms. The summed E-state index contributed by atoms with van der Waals surface area (Å²) in [5, 5.41) is 3.47. The molecule has 1 saturated heterocycles. The Morgan fingerprint density at radius 2 is 2.17 bits per heavy atom. The Kier molecular flexibility index (Phi) is 6.91. The van der Waals surface area contributed by atoms with E-state index in [1.165, 1.54) is 0 Å². The van der Waals surface area contributed by atoms with E-state index in [4.69, 9.17) is 16.3 Å². The van der Waals surface area contributed by atoms with Gasteiger partial charge in [-0.25, -0.2) is 0 Å². The van der Waals surface area contributed by atoms with Crippen molar-refractivity contribution in [1.82, 2.24) is 10.2 Å². The molecule has 1 aromatic carbocycles. The van der Waals surface area contributed by atoms with Crippen molar-refractivity contribution >= 4 is 23.4 Å². The van der Waals surface area contributed by atoms with Crippen molar-refractivity contribution in [1.29, 1.82) is 0 Å². The van der Waals surface area contributed by atoms with Gasteiger partial charge in [0.2, 0.25) is 11.8 Å². The zero-order chi connectivity index (χ0) is 17.5. The van der Waals surface area contributed by atoms with Gasteiger partial charge in [-0.05, 0) is 37.8 Å². The van der Waals surface area contributed by atoms with E-state index in [9.17, 15) is 9.59 Å². The number of hydrogen-bond donors (Lipinski definition) is 1. The number of rotatable bonds is 6. The van der Waals surface area contributed by atoms with Crippen molar-refractivity contribution in [3.8, 4) is 5.75 Å². The molecule has 1 atom stereocenters. The second kappa shape index (κ2) is 8.92. The topological polar surface area (TPSA) is 58.6 Å². The van der Waals surface area contributed by atoms with E-state index in [2.05, 4.69) is 5.32 Å². The second-order valence-corrected chi connectivity index (χ2v) is 6.39. The van der Waals surface area contributed by atoms with Crippen molar-refractivity contribution in [3.63, 3.8) is 0 Å². The Morgan fingerprint density at radius 1 is 1.38 bits per heavy atom. The molecule has 0 aliphatic carbocycles. The maximum atomic E-state index is 12.6. The van der Waals surface area contributed by atoms with E-state index >= 15 is 0 Å². The van der Waals surface area contributed by atoms with Gasteiger partial charge in [0.25, 0.3) is 0 Å². The SMILES string of the molecule is CCCC(=O)N1CCCC[C@H]1C(=O)NCc1c(Cl)cccc1OC. The van der Waals surface area contributed by atoms with Crippen LogP contribution in [0.4, 0.5) is 0 Å². The summed E-state index contributed by atoms with van der Waals surface area (Å²) in [6.45, 7) is 2.92. The molecule has 0 bridgehead atoms. The highest BCUT2D eigenvalue weighted by molar-refractivity contribution is 6.31. The number of benzene rings is 1. The first-order valence-corrected chi connectivity index (χ1v) is 8.84. The van der Waals surface area contributed by atoms with E-state index in [0.717, 1.165) is 24.8 Å². The number of hydrogen-bond acceptors (Lipinski definition) is 3. The summed E-state index contributed by atoms with van der Waals surface area (Å²) in [4.78, 5) is 26.6. The first kappa shape index (κ1) is 18.6. The number of ether oxygens (including phenoxy) is 1. The average Bonchev–Trinajstić information content (AvgIpc) is 2.60. The highest BCUT2D eigenvalue weighted by Crippen LogP contribution is 2.26. The van der Waals surface area contributed by atoms with Crippen LogP contribution in [0.2, 0.25) is 5.02 Å². The number of carbonyl (C=O) groups is 2. The molecule has 0 spiro atoms. The maximum absolute atomic E-state index is 12.6. The number of halogens is 1. The molecule has 2 amide bonds. The Labute approximate surface area is 148 Å². The molecule has 1 aliphatic heterocycles. The lowest BCUT2D eigenvalue weighted by atomic mass is 10.0. The summed E-state index contributed by atoms with van der Waals surface area (Å²) in [6, 6.07) is 5.00. The van der Waals surface area contributed by atoms with Crippen LogP contribution in [0, 0.1) is 0 Å². The number of carbonyl (C=O) groups excluding carboxylic acids is 2. The maximum Gasteiger partial charge on any atom is 0.243 e. The predicted octanol–water partition coefficient (Wildman–Crippen LogP) is 3.15. The molecule has 5 nitrogen and oxygen atoms in total. The minimum absolute atomic E-state index is 0.0627. The van der Waals surface area contributed by atoms with E-state index in [1.54, 1.807) is 24.1 Å². The lowest BCUT2D eigenvalue weighted by Gasteiger charge is -2.34. The Hall–Kier alpha value is -1.75. The van der Waals surface area contributed by atoms with Crippen molar-refractivity contribution in [2.45, 2.75) is 51.6 Å². The van der Waals surface area contributed by atoms with Gasteiger partial charge in [-0.15, -0.1) is 0 Å². The van der Waals surface area contributed by atoms with E-state index in [-0.39, 0.29) is 24.4 Å². The summed E-state index contributed by atoms with van der Waals surface area (Å²) >= 11 is 6.20. The molecule has 1 N–H and O–H groups in total. The number of likely N-dealkylation sites (tertiary alicyclic amines) is 1. The number of nitrogens with zero attached hydrogens (tertiary/aromatic N) is 1. The minimum Gasteiger partial charge on any atom is -0.496 e. The van der Waals surface area contributed by atoms with Crippen LogP contribution in [0.5, 0.6) is 5.75 Å². The van der Waals surface area contributed by atoms with E-state index < -0.39 is 0 Å². The Morgan fingerprint density at radius 3 is 2.88 bits per heavy atom. The van der Waals surface area contributed by atoms with Gasteiger partial charge in [-0.3, -0.25) is 9.59 Å².